The maximum absolute atomic E-state index is 5.79. The van der Waals surface area contributed by atoms with E-state index in [1.165, 1.54) is 43.2 Å². The molecule has 2 unspecified atom stereocenters. The normalized spacial score (nSPS) is 23.7. The van der Waals surface area contributed by atoms with Gasteiger partial charge in [-0.2, -0.15) is 15.1 Å². The molecule has 1 aliphatic carbocycles. The fourth-order valence-corrected chi connectivity index (χ4v) is 5.55. The second-order valence-corrected chi connectivity index (χ2v) is 9.25. The van der Waals surface area contributed by atoms with Crippen LogP contribution in [0, 0.1) is 6.92 Å². The van der Waals surface area contributed by atoms with E-state index in [0.717, 1.165) is 42.0 Å². The first kappa shape index (κ1) is 19.0. The van der Waals surface area contributed by atoms with Gasteiger partial charge in [0.15, 0.2) is 5.82 Å². The van der Waals surface area contributed by atoms with Crippen LogP contribution in [0.3, 0.4) is 0 Å². The zero-order valence-corrected chi connectivity index (χ0v) is 18.3. The van der Waals surface area contributed by atoms with E-state index in [9.17, 15) is 0 Å². The largest absolute Gasteiger partial charge is 0.467 e. The number of nitrogens with zero attached hydrogens (tertiary/aromatic N) is 5. The van der Waals surface area contributed by atoms with Gasteiger partial charge in [-0.3, -0.25) is 0 Å². The minimum Gasteiger partial charge on any atom is -0.467 e. The van der Waals surface area contributed by atoms with Gasteiger partial charge in [0.25, 0.3) is 0 Å². The van der Waals surface area contributed by atoms with Crippen molar-refractivity contribution in [3.05, 3.63) is 35.5 Å². The average Bonchev–Trinajstić information content (AvgIpc) is 3.21. The number of anilines is 1. The van der Waals surface area contributed by atoms with Gasteiger partial charge in [-0.15, -0.1) is 0 Å². The number of hydrogen-bond donors (Lipinski definition) is 0. The Morgan fingerprint density at radius 3 is 2.48 bits per heavy atom. The third-order valence-corrected chi connectivity index (χ3v) is 7.16. The molecule has 7 heteroatoms. The number of benzene rings is 1. The fraction of sp³-hybridized carbons (Fsp3) is 0.542. The monoisotopic (exact) mass is 419 g/mol. The van der Waals surface area contributed by atoms with Crippen LogP contribution in [0.15, 0.2) is 24.4 Å². The number of aryl methyl sites for hydroxylation is 1. The van der Waals surface area contributed by atoms with Crippen LogP contribution in [-0.2, 0) is 4.74 Å². The third kappa shape index (κ3) is 3.35. The molecule has 2 aromatic heterocycles. The molecule has 0 radical (unpaired) electrons. The minimum atomic E-state index is 0.315. The molecular weight excluding hydrogens is 390 g/mol. The number of aromatic nitrogens is 4. The van der Waals surface area contributed by atoms with Crippen molar-refractivity contribution in [2.45, 2.75) is 63.6 Å². The number of rotatable bonds is 4. The van der Waals surface area contributed by atoms with E-state index in [-0.39, 0.29) is 0 Å². The second-order valence-electron chi connectivity index (χ2n) is 9.25. The molecule has 31 heavy (non-hydrogen) atoms. The summed E-state index contributed by atoms with van der Waals surface area (Å²) >= 11 is 0. The first-order valence-corrected chi connectivity index (χ1v) is 11.5. The van der Waals surface area contributed by atoms with Crippen molar-refractivity contribution in [1.82, 2.24) is 19.7 Å². The molecule has 0 amide bonds. The molecule has 7 nitrogen and oxygen atoms in total. The first-order chi connectivity index (χ1) is 15.2. The summed E-state index contributed by atoms with van der Waals surface area (Å²) in [5, 5.41) is 5.85. The molecule has 4 aliphatic rings. The van der Waals surface area contributed by atoms with Crippen molar-refractivity contribution in [2.24, 2.45) is 0 Å². The van der Waals surface area contributed by atoms with Crippen LogP contribution in [0.4, 0.5) is 5.82 Å². The van der Waals surface area contributed by atoms with E-state index in [1.54, 1.807) is 7.11 Å². The standard InChI is InChI=1S/C24H29N5O2/c1-15-8-17-12-25-29(21(17)10-20(15)16-6-4-3-5-7-16)23-11-22(26-24(27-23)30-2)28-13-18-9-19(14-28)31-18/h8,10-12,16,18-19H,3-7,9,13-14H2,1-2H3. The van der Waals surface area contributed by atoms with Gasteiger partial charge in [-0.05, 0) is 48.9 Å². The predicted octanol–water partition coefficient (Wildman–Crippen LogP) is 4.16. The second kappa shape index (κ2) is 7.48. The fourth-order valence-electron chi connectivity index (χ4n) is 5.55. The van der Waals surface area contributed by atoms with Crippen LogP contribution in [0.25, 0.3) is 16.7 Å². The van der Waals surface area contributed by atoms with Crippen LogP contribution in [0.1, 0.15) is 55.6 Å². The van der Waals surface area contributed by atoms with Gasteiger partial charge in [0.05, 0.1) is 31.0 Å². The van der Waals surface area contributed by atoms with E-state index in [1.807, 2.05) is 16.9 Å². The Morgan fingerprint density at radius 1 is 1.00 bits per heavy atom. The maximum atomic E-state index is 5.79. The summed E-state index contributed by atoms with van der Waals surface area (Å²) < 4.78 is 13.2. The lowest BCUT2D eigenvalue weighted by Gasteiger charge is -2.47. The van der Waals surface area contributed by atoms with Crippen molar-refractivity contribution in [3.8, 4) is 11.8 Å². The molecule has 7 rings (SSSR count). The SMILES string of the molecule is COc1nc(N2CC3CC(C2)O3)cc(-n2ncc3cc(C)c(C4CCCCC4)cc32)n1. The number of hydrogen-bond acceptors (Lipinski definition) is 6. The van der Waals surface area contributed by atoms with Crippen molar-refractivity contribution < 1.29 is 9.47 Å². The first-order valence-electron chi connectivity index (χ1n) is 11.5. The van der Waals surface area contributed by atoms with Gasteiger partial charge in [0.2, 0.25) is 0 Å². The van der Waals surface area contributed by atoms with E-state index in [4.69, 9.17) is 14.6 Å². The van der Waals surface area contributed by atoms with E-state index >= 15 is 0 Å². The van der Waals surface area contributed by atoms with Crippen molar-refractivity contribution in [3.63, 3.8) is 0 Å². The lowest BCUT2D eigenvalue weighted by Crippen LogP contribution is -2.57. The van der Waals surface area contributed by atoms with Gasteiger partial charge in [0, 0.05) is 31.0 Å². The van der Waals surface area contributed by atoms with Crippen LogP contribution < -0.4 is 9.64 Å². The summed E-state index contributed by atoms with van der Waals surface area (Å²) in [4.78, 5) is 11.5. The van der Waals surface area contributed by atoms with Crippen molar-refractivity contribution in [1.29, 1.82) is 0 Å². The van der Waals surface area contributed by atoms with Crippen molar-refractivity contribution >= 4 is 16.7 Å². The smallest absolute Gasteiger partial charge is 0.320 e. The number of ether oxygens (including phenoxy) is 2. The topological polar surface area (TPSA) is 65.3 Å². The highest BCUT2D eigenvalue weighted by atomic mass is 16.5. The number of piperidine rings is 1. The quantitative estimate of drug-likeness (QED) is 0.633. The summed E-state index contributed by atoms with van der Waals surface area (Å²) in [6.07, 6.45) is 10.3. The van der Waals surface area contributed by atoms with Crippen molar-refractivity contribution in [2.75, 3.05) is 25.1 Å². The molecule has 5 heterocycles. The van der Waals surface area contributed by atoms with Gasteiger partial charge in [-0.25, -0.2) is 4.68 Å². The lowest BCUT2D eigenvalue weighted by molar-refractivity contribution is -0.133. The number of morpholine rings is 1. The minimum absolute atomic E-state index is 0.315. The highest BCUT2D eigenvalue weighted by molar-refractivity contribution is 5.82. The zero-order valence-electron chi connectivity index (χ0n) is 18.3. The summed E-state index contributed by atoms with van der Waals surface area (Å²) in [6.45, 7) is 3.96. The van der Waals surface area contributed by atoms with Gasteiger partial charge in [0.1, 0.15) is 5.82 Å². The maximum Gasteiger partial charge on any atom is 0.320 e. The molecule has 3 aliphatic heterocycles. The Balaban J connectivity index is 1.41. The molecular formula is C24H29N5O2. The zero-order chi connectivity index (χ0) is 20.9. The van der Waals surface area contributed by atoms with Crippen LogP contribution in [-0.4, -0.2) is 52.2 Å². The van der Waals surface area contributed by atoms with Gasteiger partial charge >= 0.3 is 6.01 Å². The summed E-state index contributed by atoms with van der Waals surface area (Å²) in [5.74, 6) is 2.27. The van der Waals surface area contributed by atoms with E-state index < -0.39 is 0 Å². The molecule has 3 aromatic rings. The Kier molecular flexibility index (Phi) is 4.60. The third-order valence-electron chi connectivity index (χ3n) is 7.16. The molecule has 3 saturated heterocycles. The van der Waals surface area contributed by atoms with Crippen LogP contribution in [0.2, 0.25) is 0 Å². The molecule has 2 atom stereocenters. The number of fused-ring (bicyclic) bond motifs is 3. The predicted molar refractivity (Wildman–Crippen MR) is 119 cm³/mol. The summed E-state index contributed by atoms with van der Waals surface area (Å²) in [5.41, 5.74) is 3.93. The Hall–Kier alpha value is -2.67. The lowest BCUT2D eigenvalue weighted by atomic mass is 9.82. The average molecular weight is 420 g/mol. The van der Waals surface area contributed by atoms with Gasteiger partial charge < -0.3 is 14.4 Å². The van der Waals surface area contributed by atoms with Crippen LogP contribution >= 0.6 is 0 Å². The molecule has 0 N–H and O–H groups in total. The number of methoxy groups -OCH3 is 1. The summed E-state index contributed by atoms with van der Waals surface area (Å²) in [7, 11) is 1.62. The molecule has 4 fully saturated rings. The molecule has 1 aromatic carbocycles. The molecule has 0 spiro atoms. The Labute approximate surface area is 182 Å². The molecule has 1 saturated carbocycles. The molecule has 2 bridgehead atoms. The van der Waals surface area contributed by atoms with E-state index in [2.05, 4.69) is 33.9 Å². The highest BCUT2D eigenvalue weighted by Crippen LogP contribution is 2.37. The van der Waals surface area contributed by atoms with Crippen LogP contribution in [0.5, 0.6) is 6.01 Å². The summed E-state index contributed by atoms with van der Waals surface area (Å²) in [6, 6.07) is 7.01. The highest BCUT2D eigenvalue weighted by Gasteiger charge is 2.39. The molecule has 162 valence electrons. The Morgan fingerprint density at radius 2 is 1.74 bits per heavy atom. The van der Waals surface area contributed by atoms with E-state index in [0.29, 0.717) is 24.1 Å². The Bertz CT molecular complexity index is 1100. The van der Waals surface area contributed by atoms with Gasteiger partial charge in [-0.1, -0.05) is 19.3 Å².